The van der Waals surface area contributed by atoms with E-state index in [1.165, 1.54) is 6.26 Å². The van der Waals surface area contributed by atoms with E-state index in [1.807, 2.05) is 12.1 Å². The molecule has 1 fully saturated rings. The van der Waals surface area contributed by atoms with Gasteiger partial charge in [-0.1, -0.05) is 12.1 Å². The molecular weight excluding hydrogens is 302 g/mol. The second-order valence-corrected chi connectivity index (χ2v) is 7.81. The third-order valence-corrected chi connectivity index (χ3v) is 5.05. The molecule has 1 saturated heterocycles. The zero-order valence-electron chi connectivity index (χ0n) is 12.7. The molecular formula is C15H19N3O3S. The summed E-state index contributed by atoms with van der Waals surface area (Å²) < 4.78 is 28.4. The minimum atomic E-state index is -3.13. The number of sulfone groups is 1. The molecule has 2 aromatic rings. The average Bonchev–Trinajstić information content (AvgIpc) is 3.07. The summed E-state index contributed by atoms with van der Waals surface area (Å²) >= 11 is 0. The van der Waals surface area contributed by atoms with Gasteiger partial charge in [-0.15, -0.1) is 10.2 Å². The molecule has 118 valence electrons. The fraction of sp³-hybridized carbons (Fsp3) is 0.467. The van der Waals surface area contributed by atoms with Crippen molar-refractivity contribution in [1.82, 2.24) is 15.1 Å². The Bertz CT molecular complexity index is 753. The van der Waals surface area contributed by atoms with Gasteiger partial charge in [-0.2, -0.15) is 0 Å². The quantitative estimate of drug-likeness (QED) is 0.854. The molecule has 0 N–H and O–H groups in total. The van der Waals surface area contributed by atoms with E-state index in [9.17, 15) is 8.42 Å². The molecule has 1 aliphatic heterocycles. The predicted molar refractivity (Wildman–Crippen MR) is 81.2 cm³/mol. The monoisotopic (exact) mass is 321 g/mol. The van der Waals surface area contributed by atoms with E-state index in [0.29, 0.717) is 16.7 Å². The van der Waals surface area contributed by atoms with Gasteiger partial charge in [0.15, 0.2) is 9.84 Å². The van der Waals surface area contributed by atoms with E-state index < -0.39 is 9.84 Å². The molecule has 0 aliphatic carbocycles. The molecule has 1 aromatic heterocycles. The normalized spacial score (nSPS) is 19.6. The fourth-order valence-electron chi connectivity index (χ4n) is 2.75. The van der Waals surface area contributed by atoms with Gasteiger partial charge in [0, 0.05) is 26.3 Å². The standard InChI is InChI=1S/C15H19N3O3S/c1-11-16-17-15(21-11)13-7-8-18(10-13)9-12-3-5-14(6-4-12)22(2,19)20/h3-6,13H,7-10H2,1-2H3/t13-/m0/s1. The Morgan fingerprint density at radius 2 is 2.00 bits per heavy atom. The number of benzene rings is 1. The first-order valence-corrected chi connectivity index (χ1v) is 9.12. The maximum atomic E-state index is 11.5. The van der Waals surface area contributed by atoms with Crippen molar-refractivity contribution in [2.24, 2.45) is 0 Å². The van der Waals surface area contributed by atoms with Crippen LogP contribution in [0.3, 0.4) is 0 Å². The molecule has 7 heteroatoms. The van der Waals surface area contributed by atoms with E-state index >= 15 is 0 Å². The summed E-state index contributed by atoms with van der Waals surface area (Å²) in [6.45, 7) is 4.45. The Morgan fingerprint density at radius 1 is 1.27 bits per heavy atom. The highest BCUT2D eigenvalue weighted by Crippen LogP contribution is 2.27. The van der Waals surface area contributed by atoms with Gasteiger partial charge in [0.1, 0.15) is 0 Å². The first-order valence-electron chi connectivity index (χ1n) is 7.23. The number of nitrogens with zero attached hydrogens (tertiary/aromatic N) is 3. The van der Waals surface area contributed by atoms with E-state index in [0.717, 1.165) is 31.6 Å². The van der Waals surface area contributed by atoms with Crippen LogP contribution < -0.4 is 0 Å². The van der Waals surface area contributed by atoms with Crippen LogP contribution in [0.2, 0.25) is 0 Å². The Labute approximate surface area is 130 Å². The second-order valence-electron chi connectivity index (χ2n) is 5.80. The lowest BCUT2D eigenvalue weighted by Crippen LogP contribution is -2.19. The van der Waals surface area contributed by atoms with Gasteiger partial charge in [0.05, 0.1) is 10.8 Å². The second kappa shape index (κ2) is 5.81. The molecule has 0 unspecified atom stereocenters. The van der Waals surface area contributed by atoms with Crippen LogP contribution in [-0.4, -0.2) is 42.9 Å². The lowest BCUT2D eigenvalue weighted by molar-refractivity contribution is 0.319. The highest BCUT2D eigenvalue weighted by Gasteiger charge is 2.27. The summed E-state index contributed by atoms with van der Waals surface area (Å²) in [7, 11) is -3.13. The lowest BCUT2D eigenvalue weighted by Gasteiger charge is -2.15. The minimum Gasteiger partial charge on any atom is -0.425 e. The summed E-state index contributed by atoms with van der Waals surface area (Å²) in [6, 6.07) is 7.08. The number of aryl methyl sites for hydroxylation is 1. The maximum Gasteiger partial charge on any atom is 0.220 e. The Morgan fingerprint density at radius 3 is 2.59 bits per heavy atom. The van der Waals surface area contributed by atoms with Gasteiger partial charge < -0.3 is 4.42 Å². The van der Waals surface area contributed by atoms with Crippen molar-refractivity contribution < 1.29 is 12.8 Å². The number of hydrogen-bond acceptors (Lipinski definition) is 6. The van der Waals surface area contributed by atoms with Crippen molar-refractivity contribution >= 4 is 9.84 Å². The van der Waals surface area contributed by atoms with Gasteiger partial charge in [-0.3, -0.25) is 4.90 Å². The highest BCUT2D eigenvalue weighted by atomic mass is 32.2. The Hall–Kier alpha value is -1.73. The highest BCUT2D eigenvalue weighted by molar-refractivity contribution is 7.90. The molecule has 22 heavy (non-hydrogen) atoms. The van der Waals surface area contributed by atoms with Crippen LogP contribution in [0.15, 0.2) is 33.6 Å². The van der Waals surface area contributed by atoms with E-state index in [4.69, 9.17) is 4.42 Å². The molecule has 0 saturated carbocycles. The average molecular weight is 321 g/mol. The lowest BCUT2D eigenvalue weighted by atomic mass is 10.1. The summed E-state index contributed by atoms with van der Waals surface area (Å²) in [5.41, 5.74) is 1.11. The first kappa shape index (κ1) is 15.2. The SMILES string of the molecule is Cc1nnc([C@H]2CCN(Cc3ccc(S(C)(=O)=O)cc3)C2)o1. The van der Waals surface area contributed by atoms with Crippen LogP contribution in [0.25, 0.3) is 0 Å². The fourth-order valence-corrected chi connectivity index (χ4v) is 3.39. The molecule has 6 nitrogen and oxygen atoms in total. The van der Waals surface area contributed by atoms with Crippen molar-refractivity contribution in [3.63, 3.8) is 0 Å². The zero-order valence-corrected chi connectivity index (χ0v) is 13.5. The van der Waals surface area contributed by atoms with Crippen LogP contribution in [0.4, 0.5) is 0 Å². The topological polar surface area (TPSA) is 76.3 Å². The van der Waals surface area contributed by atoms with Crippen LogP contribution in [0, 0.1) is 6.92 Å². The van der Waals surface area contributed by atoms with Crippen LogP contribution >= 0.6 is 0 Å². The van der Waals surface area contributed by atoms with E-state index in [1.54, 1.807) is 19.1 Å². The van der Waals surface area contributed by atoms with Crippen molar-refractivity contribution in [2.75, 3.05) is 19.3 Å². The molecule has 3 rings (SSSR count). The van der Waals surface area contributed by atoms with E-state index in [2.05, 4.69) is 15.1 Å². The molecule has 0 spiro atoms. The number of aromatic nitrogens is 2. The molecule has 0 amide bonds. The van der Waals surface area contributed by atoms with Gasteiger partial charge >= 0.3 is 0 Å². The molecule has 2 heterocycles. The Kier molecular flexibility index (Phi) is 4.01. The van der Waals surface area contributed by atoms with Gasteiger partial charge in [0.2, 0.25) is 11.8 Å². The summed E-state index contributed by atoms with van der Waals surface area (Å²) in [6.07, 6.45) is 2.22. The smallest absolute Gasteiger partial charge is 0.220 e. The van der Waals surface area contributed by atoms with Crippen LogP contribution in [0.1, 0.15) is 29.7 Å². The van der Waals surface area contributed by atoms with Crippen molar-refractivity contribution in [3.05, 3.63) is 41.6 Å². The molecule has 0 radical (unpaired) electrons. The number of likely N-dealkylation sites (tertiary alicyclic amines) is 1. The third-order valence-electron chi connectivity index (χ3n) is 3.92. The largest absolute Gasteiger partial charge is 0.425 e. The molecule has 1 atom stereocenters. The molecule has 0 bridgehead atoms. The minimum absolute atomic E-state index is 0.288. The maximum absolute atomic E-state index is 11.5. The van der Waals surface area contributed by atoms with Crippen LogP contribution in [-0.2, 0) is 16.4 Å². The van der Waals surface area contributed by atoms with E-state index in [-0.39, 0.29) is 5.92 Å². The first-order chi connectivity index (χ1) is 10.4. The third kappa shape index (κ3) is 3.36. The van der Waals surface area contributed by atoms with Crippen LogP contribution in [0.5, 0.6) is 0 Å². The van der Waals surface area contributed by atoms with Gasteiger partial charge in [-0.25, -0.2) is 8.42 Å². The van der Waals surface area contributed by atoms with Gasteiger partial charge in [0.25, 0.3) is 0 Å². The van der Waals surface area contributed by atoms with Crippen molar-refractivity contribution in [2.45, 2.75) is 30.7 Å². The Balaban J connectivity index is 1.63. The number of rotatable bonds is 4. The summed E-state index contributed by atoms with van der Waals surface area (Å²) in [4.78, 5) is 2.68. The van der Waals surface area contributed by atoms with Crippen molar-refractivity contribution in [1.29, 1.82) is 0 Å². The van der Waals surface area contributed by atoms with Crippen molar-refractivity contribution in [3.8, 4) is 0 Å². The number of hydrogen-bond donors (Lipinski definition) is 0. The molecule has 1 aromatic carbocycles. The molecule has 1 aliphatic rings. The summed E-state index contributed by atoms with van der Waals surface area (Å²) in [5, 5.41) is 7.98. The zero-order chi connectivity index (χ0) is 15.7. The van der Waals surface area contributed by atoms with Gasteiger partial charge in [-0.05, 0) is 30.7 Å². The predicted octanol–water partition coefficient (Wildman–Crippen LogP) is 1.77. The summed E-state index contributed by atoms with van der Waals surface area (Å²) in [5.74, 6) is 1.61.